The van der Waals surface area contributed by atoms with Gasteiger partial charge in [0.25, 0.3) is 0 Å². The van der Waals surface area contributed by atoms with Crippen molar-refractivity contribution in [3.63, 3.8) is 0 Å². The van der Waals surface area contributed by atoms with Crippen molar-refractivity contribution < 1.29 is 12.9 Å². The highest BCUT2D eigenvalue weighted by atomic mass is 32.2. The third-order valence-electron chi connectivity index (χ3n) is 2.52. The molecule has 6 nitrogen and oxygen atoms in total. The fourth-order valence-corrected chi connectivity index (χ4v) is 2.38. The van der Waals surface area contributed by atoms with Gasteiger partial charge in [-0.15, -0.1) is 0 Å². The van der Waals surface area contributed by atoms with Crippen LogP contribution in [-0.2, 0) is 15.6 Å². The van der Waals surface area contributed by atoms with Crippen LogP contribution in [-0.4, -0.2) is 37.9 Å². The summed E-state index contributed by atoms with van der Waals surface area (Å²) in [5, 5.41) is 6.93. The summed E-state index contributed by atoms with van der Waals surface area (Å²) in [6.07, 6.45) is 3.24. The van der Waals surface area contributed by atoms with E-state index in [1.54, 1.807) is 0 Å². The van der Waals surface area contributed by atoms with Crippen LogP contribution in [0.15, 0.2) is 4.52 Å². The highest BCUT2D eigenvalue weighted by molar-refractivity contribution is 7.89. The first kappa shape index (κ1) is 11.5. The number of nitrogens with one attached hydrogen (secondary N) is 1. The molecule has 0 aromatic carbocycles. The summed E-state index contributed by atoms with van der Waals surface area (Å²) in [4.78, 5) is 4.12. The Bertz CT molecular complexity index is 448. The van der Waals surface area contributed by atoms with Crippen LogP contribution >= 0.6 is 0 Å². The van der Waals surface area contributed by atoms with Gasteiger partial charge in [0.1, 0.15) is 5.75 Å². The topological polar surface area (TPSA) is 85.1 Å². The predicted molar refractivity (Wildman–Crippen MR) is 57.7 cm³/mol. The van der Waals surface area contributed by atoms with E-state index in [4.69, 9.17) is 4.52 Å². The third-order valence-corrected chi connectivity index (χ3v) is 3.30. The molecule has 1 N–H and O–H groups in total. The molecule has 2 heterocycles. The van der Waals surface area contributed by atoms with E-state index in [1.165, 1.54) is 0 Å². The van der Waals surface area contributed by atoms with Crippen LogP contribution < -0.4 is 5.32 Å². The summed E-state index contributed by atoms with van der Waals surface area (Å²) in [7, 11) is -3.10. The van der Waals surface area contributed by atoms with E-state index in [-0.39, 0.29) is 17.5 Å². The molecule has 2 rings (SSSR count). The molecule has 1 aromatic rings. The second-order valence-corrected chi connectivity index (χ2v) is 6.30. The molecule has 0 spiro atoms. The molecule has 1 unspecified atom stereocenters. The summed E-state index contributed by atoms with van der Waals surface area (Å²) in [5.41, 5.74) is 0. The Morgan fingerprint density at radius 3 is 3.00 bits per heavy atom. The van der Waals surface area contributed by atoms with E-state index >= 15 is 0 Å². The maximum absolute atomic E-state index is 11.1. The third kappa shape index (κ3) is 3.02. The number of nitrogens with zero attached hydrogens (tertiary/aromatic N) is 2. The van der Waals surface area contributed by atoms with Crippen LogP contribution in [0, 0.1) is 0 Å². The van der Waals surface area contributed by atoms with Gasteiger partial charge >= 0.3 is 0 Å². The Hall–Kier alpha value is -0.950. The van der Waals surface area contributed by atoms with Crippen molar-refractivity contribution >= 4 is 9.84 Å². The van der Waals surface area contributed by atoms with Crippen molar-refractivity contribution in [1.82, 2.24) is 15.5 Å². The summed E-state index contributed by atoms with van der Waals surface area (Å²) in [6.45, 7) is 1.83. The summed E-state index contributed by atoms with van der Waals surface area (Å²) in [6, 6.07) is 0. The molecule has 1 aromatic heterocycles. The zero-order chi connectivity index (χ0) is 11.6. The highest BCUT2D eigenvalue weighted by Gasteiger charge is 2.22. The molecule has 1 saturated heterocycles. The average molecular weight is 245 g/mol. The first-order valence-corrected chi connectivity index (χ1v) is 7.31. The number of hydrogen-bond acceptors (Lipinski definition) is 6. The van der Waals surface area contributed by atoms with Crippen molar-refractivity contribution in [2.75, 3.05) is 19.3 Å². The smallest absolute Gasteiger partial charge is 0.231 e. The van der Waals surface area contributed by atoms with Gasteiger partial charge in [-0.1, -0.05) is 5.16 Å². The number of rotatable bonds is 3. The molecule has 0 saturated carbocycles. The van der Waals surface area contributed by atoms with Gasteiger partial charge in [-0.3, -0.25) is 0 Å². The van der Waals surface area contributed by atoms with Gasteiger partial charge in [-0.2, -0.15) is 4.98 Å². The Balaban J connectivity index is 2.06. The Labute approximate surface area is 94.3 Å². The lowest BCUT2D eigenvalue weighted by atomic mass is 10.00. The normalized spacial score (nSPS) is 22.2. The zero-order valence-corrected chi connectivity index (χ0v) is 9.96. The van der Waals surface area contributed by atoms with E-state index in [2.05, 4.69) is 15.5 Å². The van der Waals surface area contributed by atoms with Crippen molar-refractivity contribution in [3.05, 3.63) is 11.7 Å². The van der Waals surface area contributed by atoms with E-state index in [9.17, 15) is 8.42 Å². The van der Waals surface area contributed by atoms with Gasteiger partial charge in [0.15, 0.2) is 15.7 Å². The van der Waals surface area contributed by atoms with Crippen LogP contribution in [0.5, 0.6) is 0 Å². The Kier molecular flexibility index (Phi) is 3.25. The minimum absolute atomic E-state index is 0.156. The molecular weight excluding hydrogens is 230 g/mol. The molecule has 90 valence electrons. The zero-order valence-electron chi connectivity index (χ0n) is 9.14. The summed E-state index contributed by atoms with van der Waals surface area (Å²) < 4.78 is 27.2. The highest BCUT2D eigenvalue weighted by Crippen LogP contribution is 2.21. The lowest BCUT2D eigenvalue weighted by Gasteiger charge is -2.18. The molecule has 0 amide bonds. The molecule has 1 fully saturated rings. The second kappa shape index (κ2) is 4.50. The number of hydrogen-bond donors (Lipinski definition) is 1. The van der Waals surface area contributed by atoms with E-state index in [0.717, 1.165) is 32.2 Å². The Morgan fingerprint density at radius 1 is 1.56 bits per heavy atom. The van der Waals surface area contributed by atoms with Crippen molar-refractivity contribution in [1.29, 1.82) is 0 Å². The molecule has 16 heavy (non-hydrogen) atoms. The molecule has 0 bridgehead atoms. The summed E-state index contributed by atoms with van der Waals surface area (Å²) in [5.74, 6) is 0.861. The van der Waals surface area contributed by atoms with E-state index in [1.807, 2.05) is 0 Å². The Morgan fingerprint density at radius 2 is 2.38 bits per heavy atom. The van der Waals surface area contributed by atoms with E-state index in [0.29, 0.717) is 5.89 Å². The molecule has 1 atom stereocenters. The largest absolute Gasteiger partial charge is 0.339 e. The molecule has 1 aliphatic rings. The van der Waals surface area contributed by atoms with Crippen LogP contribution in [0.1, 0.15) is 30.5 Å². The minimum atomic E-state index is -3.10. The lowest BCUT2D eigenvalue weighted by Crippen LogP contribution is -2.28. The molecule has 7 heteroatoms. The number of aromatic nitrogens is 2. The standard InChI is InChI=1S/C9H15N3O3S/c1-16(13,14)6-8-11-9(15-12-8)7-3-2-4-10-5-7/h7,10H,2-6H2,1H3. The maximum Gasteiger partial charge on any atom is 0.231 e. The van der Waals surface area contributed by atoms with Crippen LogP contribution in [0.3, 0.4) is 0 Å². The maximum atomic E-state index is 11.1. The molecular formula is C9H15N3O3S. The first-order chi connectivity index (χ1) is 7.54. The predicted octanol–water partition coefficient (Wildman–Crippen LogP) is 0.0812. The number of sulfone groups is 1. The van der Waals surface area contributed by atoms with Gasteiger partial charge in [-0.25, -0.2) is 8.42 Å². The van der Waals surface area contributed by atoms with Gasteiger partial charge < -0.3 is 9.84 Å². The molecule has 0 aliphatic carbocycles. The van der Waals surface area contributed by atoms with Crippen molar-refractivity contribution in [2.24, 2.45) is 0 Å². The molecule has 1 aliphatic heterocycles. The van der Waals surface area contributed by atoms with Gasteiger partial charge in [0.2, 0.25) is 5.89 Å². The van der Waals surface area contributed by atoms with Crippen molar-refractivity contribution in [2.45, 2.75) is 24.5 Å². The van der Waals surface area contributed by atoms with Crippen LogP contribution in [0.2, 0.25) is 0 Å². The van der Waals surface area contributed by atoms with Crippen LogP contribution in [0.4, 0.5) is 0 Å². The van der Waals surface area contributed by atoms with Gasteiger partial charge in [0, 0.05) is 12.8 Å². The molecule has 0 radical (unpaired) electrons. The minimum Gasteiger partial charge on any atom is -0.339 e. The monoisotopic (exact) mass is 245 g/mol. The fraction of sp³-hybridized carbons (Fsp3) is 0.778. The second-order valence-electron chi connectivity index (χ2n) is 4.16. The van der Waals surface area contributed by atoms with Gasteiger partial charge in [-0.05, 0) is 19.4 Å². The lowest BCUT2D eigenvalue weighted by molar-refractivity contribution is 0.320. The van der Waals surface area contributed by atoms with Gasteiger partial charge in [0.05, 0.1) is 5.92 Å². The van der Waals surface area contributed by atoms with Crippen LogP contribution in [0.25, 0.3) is 0 Å². The number of piperidine rings is 1. The van der Waals surface area contributed by atoms with Crippen molar-refractivity contribution in [3.8, 4) is 0 Å². The van der Waals surface area contributed by atoms with E-state index < -0.39 is 9.84 Å². The quantitative estimate of drug-likeness (QED) is 0.811. The summed E-state index contributed by atoms with van der Waals surface area (Å²) >= 11 is 0. The fourth-order valence-electron chi connectivity index (χ4n) is 1.79. The first-order valence-electron chi connectivity index (χ1n) is 5.25. The SMILES string of the molecule is CS(=O)(=O)Cc1noc(C2CCCNC2)n1. The average Bonchev–Trinajstić information content (AvgIpc) is 2.65.